The fourth-order valence-corrected chi connectivity index (χ4v) is 8.61. The Labute approximate surface area is 180 Å². The smallest absolute Gasteiger partial charge is 0.0445 e. The van der Waals surface area contributed by atoms with Crippen molar-refractivity contribution in [2.45, 2.75) is 77.1 Å². The van der Waals surface area contributed by atoms with E-state index in [9.17, 15) is 0 Å². The van der Waals surface area contributed by atoms with Gasteiger partial charge in [0.2, 0.25) is 0 Å². The molecular weight excluding hydrogens is 364 g/mol. The summed E-state index contributed by atoms with van der Waals surface area (Å²) < 4.78 is 0. The molecule has 2 saturated carbocycles. The van der Waals surface area contributed by atoms with Gasteiger partial charge in [0.05, 0.1) is 0 Å². The second-order valence-electron chi connectivity index (χ2n) is 11.2. The highest BCUT2D eigenvalue weighted by atomic mass is 28.3. The Kier molecular flexibility index (Phi) is 6.34. The van der Waals surface area contributed by atoms with Gasteiger partial charge in [-0.2, -0.15) is 0 Å². The molecule has 4 rings (SSSR count). The van der Waals surface area contributed by atoms with Gasteiger partial charge in [0.25, 0.3) is 0 Å². The van der Waals surface area contributed by atoms with E-state index < -0.39 is 8.07 Å². The maximum atomic E-state index is 2.58. The van der Waals surface area contributed by atoms with Crippen LogP contribution in [0.4, 0.5) is 0 Å². The summed E-state index contributed by atoms with van der Waals surface area (Å²) in [6, 6.07) is 23.9. The summed E-state index contributed by atoms with van der Waals surface area (Å²) in [5, 5.41) is 0. The number of aryl methyl sites for hydroxylation is 2. The number of benzene rings is 2. The lowest BCUT2D eigenvalue weighted by atomic mass is 9.72. The minimum atomic E-state index is -0.954. The zero-order valence-corrected chi connectivity index (χ0v) is 19.9. The van der Waals surface area contributed by atoms with Crippen molar-refractivity contribution in [2.24, 2.45) is 23.2 Å². The highest BCUT2D eigenvalue weighted by Gasteiger charge is 2.64. The Balaban J connectivity index is 1.39. The van der Waals surface area contributed by atoms with E-state index in [2.05, 4.69) is 80.3 Å². The molecule has 2 fully saturated rings. The molecular formula is C28H40Si. The lowest BCUT2D eigenvalue weighted by Crippen LogP contribution is -2.26. The number of hydrogen-bond acceptors (Lipinski definition) is 0. The lowest BCUT2D eigenvalue weighted by molar-refractivity contribution is 0.184. The summed E-state index contributed by atoms with van der Waals surface area (Å²) in [6.07, 6.45) is 11.2. The van der Waals surface area contributed by atoms with Crippen molar-refractivity contribution in [1.82, 2.24) is 0 Å². The Morgan fingerprint density at radius 3 is 1.79 bits per heavy atom. The molecule has 156 valence electrons. The Bertz CT molecular complexity index is 712. The van der Waals surface area contributed by atoms with Crippen molar-refractivity contribution in [3.8, 4) is 0 Å². The number of rotatable bonds is 10. The van der Waals surface area contributed by atoms with Gasteiger partial charge in [-0.05, 0) is 85.7 Å². The fourth-order valence-electron chi connectivity index (χ4n) is 6.64. The molecule has 2 aromatic carbocycles. The van der Waals surface area contributed by atoms with Crippen molar-refractivity contribution in [3.63, 3.8) is 0 Å². The van der Waals surface area contributed by atoms with Crippen molar-refractivity contribution >= 4 is 8.07 Å². The standard InChI is InChI=1S/C28H40Si/c1-29(2,3)22-26-25-18-21-28(27(25)26,19-10-16-23-12-6-4-7-13-23)20-11-17-24-14-8-5-9-15-24/h4-9,12-15,25-27H,10-11,16-22H2,1-3H3/t25-,26?,27-/m0/s1. The molecule has 0 aromatic heterocycles. The molecule has 2 aliphatic rings. The average Bonchev–Trinajstić information content (AvgIpc) is 3.24. The van der Waals surface area contributed by atoms with E-state index in [-0.39, 0.29) is 0 Å². The van der Waals surface area contributed by atoms with Crippen molar-refractivity contribution in [2.75, 3.05) is 0 Å². The molecule has 0 N–H and O–H groups in total. The third-order valence-corrected chi connectivity index (χ3v) is 9.52. The maximum absolute atomic E-state index is 2.58. The Hall–Kier alpha value is -1.34. The van der Waals surface area contributed by atoms with Crippen LogP contribution < -0.4 is 0 Å². The molecule has 1 unspecified atom stereocenters. The van der Waals surface area contributed by atoms with Crippen LogP contribution in [0.1, 0.15) is 49.7 Å². The van der Waals surface area contributed by atoms with E-state index in [1.165, 1.54) is 62.5 Å². The predicted octanol–water partition coefficient (Wildman–Crippen LogP) is 8.01. The summed E-state index contributed by atoms with van der Waals surface area (Å²) in [4.78, 5) is 0. The molecule has 0 amide bonds. The third kappa shape index (κ3) is 5.23. The fraction of sp³-hybridized carbons (Fsp3) is 0.571. The summed E-state index contributed by atoms with van der Waals surface area (Å²) in [6.45, 7) is 7.73. The van der Waals surface area contributed by atoms with E-state index in [0.717, 1.165) is 17.8 Å². The van der Waals surface area contributed by atoms with Crippen LogP contribution in [0.15, 0.2) is 60.7 Å². The molecule has 3 atom stereocenters. The monoisotopic (exact) mass is 404 g/mol. The van der Waals surface area contributed by atoms with Crippen LogP contribution in [0, 0.1) is 23.2 Å². The van der Waals surface area contributed by atoms with Crippen LogP contribution in [0.3, 0.4) is 0 Å². The summed E-state index contributed by atoms with van der Waals surface area (Å²) in [7, 11) is -0.954. The minimum Gasteiger partial charge on any atom is -0.0695 e. The molecule has 0 spiro atoms. The van der Waals surface area contributed by atoms with Gasteiger partial charge >= 0.3 is 0 Å². The van der Waals surface area contributed by atoms with E-state index in [1.54, 1.807) is 6.04 Å². The van der Waals surface area contributed by atoms with Crippen LogP contribution >= 0.6 is 0 Å². The molecule has 2 aromatic rings. The van der Waals surface area contributed by atoms with Crippen LogP contribution in [-0.2, 0) is 12.8 Å². The first-order valence-corrected chi connectivity index (χ1v) is 15.8. The summed E-state index contributed by atoms with van der Waals surface area (Å²) in [5.41, 5.74) is 3.70. The van der Waals surface area contributed by atoms with Gasteiger partial charge in [-0.15, -0.1) is 0 Å². The molecule has 0 heterocycles. The SMILES string of the molecule is C[Si](C)(C)CC1[C@@H]2[C@H]1CCC2(CCCc1ccccc1)CCCc1ccccc1. The van der Waals surface area contributed by atoms with Gasteiger partial charge in [-0.1, -0.05) is 86.3 Å². The predicted molar refractivity (Wildman–Crippen MR) is 129 cm³/mol. The lowest BCUT2D eigenvalue weighted by Gasteiger charge is -2.34. The molecule has 0 nitrogen and oxygen atoms in total. The normalized spacial score (nSPS) is 25.0. The molecule has 29 heavy (non-hydrogen) atoms. The van der Waals surface area contributed by atoms with Crippen LogP contribution in [0.2, 0.25) is 25.7 Å². The van der Waals surface area contributed by atoms with Gasteiger partial charge in [-0.25, -0.2) is 0 Å². The highest BCUT2D eigenvalue weighted by molar-refractivity contribution is 6.76. The molecule has 0 saturated heterocycles. The topological polar surface area (TPSA) is 0 Å². The van der Waals surface area contributed by atoms with Crippen molar-refractivity contribution < 1.29 is 0 Å². The summed E-state index contributed by atoms with van der Waals surface area (Å²) >= 11 is 0. The van der Waals surface area contributed by atoms with E-state index in [1.807, 2.05) is 0 Å². The zero-order chi connectivity index (χ0) is 20.3. The second-order valence-corrected chi connectivity index (χ2v) is 16.7. The first-order chi connectivity index (χ1) is 14.0. The first-order valence-electron chi connectivity index (χ1n) is 12.0. The van der Waals surface area contributed by atoms with E-state index >= 15 is 0 Å². The van der Waals surface area contributed by atoms with E-state index in [0.29, 0.717) is 5.41 Å². The van der Waals surface area contributed by atoms with Crippen LogP contribution in [-0.4, -0.2) is 8.07 Å². The number of fused-ring (bicyclic) bond motifs is 1. The van der Waals surface area contributed by atoms with Gasteiger partial charge in [-0.3, -0.25) is 0 Å². The zero-order valence-electron chi connectivity index (χ0n) is 18.9. The van der Waals surface area contributed by atoms with Gasteiger partial charge in [0.1, 0.15) is 0 Å². The minimum absolute atomic E-state index is 0.651. The molecule has 0 bridgehead atoms. The van der Waals surface area contributed by atoms with Crippen molar-refractivity contribution in [1.29, 1.82) is 0 Å². The van der Waals surface area contributed by atoms with Gasteiger partial charge in [0, 0.05) is 8.07 Å². The van der Waals surface area contributed by atoms with Crippen molar-refractivity contribution in [3.05, 3.63) is 71.8 Å². The largest absolute Gasteiger partial charge is 0.0695 e. The average molecular weight is 405 g/mol. The molecule has 0 aliphatic heterocycles. The second kappa shape index (κ2) is 8.80. The Morgan fingerprint density at radius 1 is 0.793 bits per heavy atom. The third-order valence-electron chi connectivity index (χ3n) is 7.83. The van der Waals surface area contributed by atoms with Gasteiger partial charge < -0.3 is 0 Å². The Morgan fingerprint density at radius 2 is 1.31 bits per heavy atom. The van der Waals surface area contributed by atoms with E-state index in [4.69, 9.17) is 0 Å². The van der Waals surface area contributed by atoms with Crippen LogP contribution in [0.5, 0.6) is 0 Å². The highest BCUT2D eigenvalue weighted by Crippen LogP contribution is 2.71. The molecule has 0 radical (unpaired) electrons. The van der Waals surface area contributed by atoms with Crippen LogP contribution in [0.25, 0.3) is 0 Å². The maximum Gasteiger partial charge on any atom is 0.0445 e. The number of hydrogen-bond donors (Lipinski definition) is 0. The molecule has 2 aliphatic carbocycles. The first kappa shape index (κ1) is 20.9. The van der Waals surface area contributed by atoms with Gasteiger partial charge in [0.15, 0.2) is 0 Å². The molecule has 1 heteroatoms. The summed E-state index contributed by atoms with van der Waals surface area (Å²) in [5.74, 6) is 3.21. The quantitative estimate of drug-likeness (QED) is 0.352.